The topological polar surface area (TPSA) is 82.0 Å². The van der Waals surface area contributed by atoms with Crippen molar-refractivity contribution in [2.45, 2.75) is 26.2 Å². The lowest BCUT2D eigenvalue weighted by molar-refractivity contribution is -0.129. The maximum Gasteiger partial charge on any atom is 0.350 e. The van der Waals surface area contributed by atoms with Gasteiger partial charge < -0.3 is 10.4 Å². The van der Waals surface area contributed by atoms with Gasteiger partial charge in [-0.2, -0.15) is 0 Å². The maximum absolute atomic E-state index is 12.6. The fourth-order valence-electron chi connectivity index (χ4n) is 3.66. The summed E-state index contributed by atoms with van der Waals surface area (Å²) in [6.07, 6.45) is 2.09. The lowest BCUT2D eigenvalue weighted by atomic mass is 10.0. The number of carbonyl (C=O) groups is 2. The van der Waals surface area contributed by atoms with Crippen LogP contribution in [0.1, 0.15) is 24.5 Å². The number of rotatable bonds is 10. The molecule has 2 amide bonds. The summed E-state index contributed by atoms with van der Waals surface area (Å²) in [4.78, 5) is 29.6. The molecule has 0 saturated carbocycles. The molecule has 0 aliphatic carbocycles. The minimum atomic E-state index is -0.986. The first-order chi connectivity index (χ1) is 16.5. The van der Waals surface area contributed by atoms with Gasteiger partial charge in [-0.1, -0.05) is 66.7 Å². The van der Waals surface area contributed by atoms with Gasteiger partial charge >= 0.3 is 12.0 Å². The highest BCUT2D eigenvalue weighted by Crippen LogP contribution is 2.25. The van der Waals surface area contributed by atoms with Gasteiger partial charge in [0.25, 0.3) is 0 Å². The largest absolute Gasteiger partial charge is 0.477 e. The van der Waals surface area contributed by atoms with E-state index in [0.717, 1.165) is 35.2 Å². The first-order valence-electron chi connectivity index (χ1n) is 11.5. The molecule has 176 valence electrons. The van der Waals surface area contributed by atoms with Gasteiger partial charge in [0, 0.05) is 32.2 Å². The zero-order valence-electron chi connectivity index (χ0n) is 19.7. The zero-order valence-corrected chi connectivity index (χ0v) is 19.7. The molecule has 0 bridgehead atoms. The number of carboxylic acids is 1. The van der Waals surface area contributed by atoms with Gasteiger partial charge in [0.1, 0.15) is 5.71 Å². The number of aliphatic carboxylic acids is 1. The van der Waals surface area contributed by atoms with E-state index in [0.29, 0.717) is 13.1 Å². The molecule has 0 radical (unpaired) electrons. The molecule has 3 aromatic carbocycles. The van der Waals surface area contributed by atoms with Crippen LogP contribution in [0.3, 0.4) is 0 Å². The van der Waals surface area contributed by atoms with Crippen LogP contribution in [-0.2, 0) is 17.6 Å². The first-order valence-corrected chi connectivity index (χ1v) is 11.5. The van der Waals surface area contributed by atoms with Crippen molar-refractivity contribution in [2.24, 2.45) is 4.99 Å². The Kier molecular flexibility index (Phi) is 8.97. The number of hydrogen-bond acceptors (Lipinski definition) is 3. The smallest absolute Gasteiger partial charge is 0.350 e. The second-order valence-electron chi connectivity index (χ2n) is 8.03. The van der Waals surface area contributed by atoms with Crippen molar-refractivity contribution in [1.29, 1.82) is 0 Å². The number of aryl methyl sites for hydroxylation is 1. The van der Waals surface area contributed by atoms with Crippen molar-refractivity contribution in [3.05, 3.63) is 90.0 Å². The van der Waals surface area contributed by atoms with E-state index in [2.05, 4.69) is 22.4 Å². The van der Waals surface area contributed by atoms with Crippen LogP contribution in [0.4, 0.5) is 10.5 Å². The fraction of sp³-hybridized carbons (Fsp3) is 0.250. The third kappa shape index (κ3) is 7.04. The van der Waals surface area contributed by atoms with E-state index < -0.39 is 5.97 Å². The van der Waals surface area contributed by atoms with E-state index in [9.17, 15) is 14.7 Å². The van der Waals surface area contributed by atoms with Crippen LogP contribution in [0.15, 0.2) is 83.9 Å². The highest BCUT2D eigenvalue weighted by molar-refractivity contribution is 6.36. The monoisotopic (exact) mass is 457 g/mol. The van der Waals surface area contributed by atoms with E-state index in [1.165, 1.54) is 5.56 Å². The van der Waals surface area contributed by atoms with Crippen molar-refractivity contribution in [2.75, 3.05) is 25.0 Å². The molecule has 6 nitrogen and oxygen atoms in total. The van der Waals surface area contributed by atoms with Crippen LogP contribution in [0.5, 0.6) is 0 Å². The molecule has 0 fully saturated rings. The normalized spacial score (nSPS) is 11.2. The average Bonchev–Trinajstić information content (AvgIpc) is 2.87. The fourth-order valence-corrected chi connectivity index (χ4v) is 3.66. The Bertz CT molecular complexity index is 1130. The van der Waals surface area contributed by atoms with Gasteiger partial charge in [0.05, 0.1) is 0 Å². The second kappa shape index (κ2) is 12.3. The summed E-state index contributed by atoms with van der Waals surface area (Å²) in [6.45, 7) is 2.88. The summed E-state index contributed by atoms with van der Waals surface area (Å²) < 4.78 is 0. The van der Waals surface area contributed by atoms with E-state index in [-0.39, 0.29) is 18.2 Å². The molecule has 2 N–H and O–H groups in total. The Morgan fingerprint density at radius 3 is 2.32 bits per heavy atom. The van der Waals surface area contributed by atoms with Crippen LogP contribution in [0, 0.1) is 0 Å². The van der Waals surface area contributed by atoms with Crippen LogP contribution < -0.4 is 10.2 Å². The van der Waals surface area contributed by atoms with Crippen molar-refractivity contribution in [1.82, 2.24) is 5.32 Å². The lowest BCUT2D eigenvalue weighted by Crippen LogP contribution is -2.37. The molecule has 0 saturated heterocycles. The molecule has 0 aliphatic rings. The van der Waals surface area contributed by atoms with Gasteiger partial charge in [0.15, 0.2) is 0 Å². The summed E-state index contributed by atoms with van der Waals surface area (Å²) in [7, 11) is 1.76. The number of urea groups is 1. The van der Waals surface area contributed by atoms with E-state index >= 15 is 0 Å². The SMILES string of the molecule is CCN=C(Cc1ccc(-c2cccc(N(C)C(=O)NCCCc3ccccc3)c2)cc1)C(=O)O. The molecule has 0 atom stereocenters. The molecule has 34 heavy (non-hydrogen) atoms. The Labute approximate surface area is 201 Å². The number of nitrogens with one attached hydrogen (secondary N) is 1. The summed E-state index contributed by atoms with van der Waals surface area (Å²) in [6, 6.07) is 25.6. The number of carbonyl (C=O) groups excluding carboxylic acids is 1. The summed E-state index contributed by atoms with van der Waals surface area (Å²) in [5.74, 6) is -0.986. The predicted molar refractivity (Wildman–Crippen MR) is 138 cm³/mol. The molecular weight excluding hydrogens is 426 g/mol. The maximum atomic E-state index is 12.6. The number of hydrogen-bond donors (Lipinski definition) is 2. The van der Waals surface area contributed by atoms with E-state index in [4.69, 9.17) is 0 Å². The van der Waals surface area contributed by atoms with Crippen LogP contribution >= 0.6 is 0 Å². The number of aliphatic imine (C=N–C) groups is 1. The third-order valence-electron chi connectivity index (χ3n) is 5.55. The number of amides is 2. The zero-order chi connectivity index (χ0) is 24.3. The summed E-state index contributed by atoms with van der Waals surface area (Å²) >= 11 is 0. The number of benzene rings is 3. The molecule has 6 heteroatoms. The molecule has 3 rings (SSSR count). The minimum absolute atomic E-state index is 0.142. The number of carboxylic acid groups (broad SMARTS) is 1. The Morgan fingerprint density at radius 2 is 1.65 bits per heavy atom. The number of anilines is 1. The predicted octanol–water partition coefficient (Wildman–Crippen LogP) is 5.22. The van der Waals surface area contributed by atoms with Gasteiger partial charge in [0.2, 0.25) is 0 Å². The minimum Gasteiger partial charge on any atom is -0.477 e. The van der Waals surface area contributed by atoms with Gasteiger partial charge in [-0.3, -0.25) is 9.89 Å². The molecule has 0 aromatic heterocycles. The van der Waals surface area contributed by atoms with Crippen molar-refractivity contribution in [3.8, 4) is 11.1 Å². The average molecular weight is 458 g/mol. The molecule has 0 unspecified atom stereocenters. The van der Waals surface area contributed by atoms with Crippen molar-refractivity contribution < 1.29 is 14.7 Å². The molecule has 3 aromatic rings. The van der Waals surface area contributed by atoms with Gasteiger partial charge in [-0.25, -0.2) is 9.59 Å². The first kappa shape index (κ1) is 24.7. The van der Waals surface area contributed by atoms with Crippen LogP contribution in [-0.4, -0.2) is 43.0 Å². The Balaban J connectivity index is 1.59. The standard InChI is InChI=1S/C28H31N3O3/c1-3-29-26(27(32)33)19-22-14-16-23(17-15-22)24-12-7-13-25(20-24)31(2)28(34)30-18-8-11-21-9-5-4-6-10-21/h4-7,9-10,12-17,20H,3,8,11,18-19H2,1-2H3,(H,30,34)(H,32,33). The number of nitrogens with zero attached hydrogens (tertiary/aromatic N) is 2. The second-order valence-corrected chi connectivity index (χ2v) is 8.03. The van der Waals surface area contributed by atoms with Gasteiger partial charge in [-0.15, -0.1) is 0 Å². The van der Waals surface area contributed by atoms with Gasteiger partial charge in [-0.05, 0) is 54.2 Å². The van der Waals surface area contributed by atoms with Crippen molar-refractivity contribution >= 4 is 23.4 Å². The third-order valence-corrected chi connectivity index (χ3v) is 5.55. The summed E-state index contributed by atoms with van der Waals surface area (Å²) in [5.41, 5.74) is 5.08. The Morgan fingerprint density at radius 1 is 0.912 bits per heavy atom. The van der Waals surface area contributed by atoms with E-state index in [1.54, 1.807) is 11.9 Å². The molecule has 0 spiro atoms. The highest BCUT2D eigenvalue weighted by Gasteiger charge is 2.12. The molecule has 0 aliphatic heterocycles. The van der Waals surface area contributed by atoms with E-state index in [1.807, 2.05) is 73.7 Å². The lowest BCUT2D eigenvalue weighted by Gasteiger charge is -2.19. The quantitative estimate of drug-likeness (QED) is 0.323. The highest BCUT2D eigenvalue weighted by atomic mass is 16.4. The van der Waals surface area contributed by atoms with Crippen molar-refractivity contribution in [3.63, 3.8) is 0 Å². The Hall–Kier alpha value is -3.93. The summed E-state index contributed by atoms with van der Waals surface area (Å²) in [5, 5.41) is 12.3. The molecular formula is C28H31N3O3. The van der Waals surface area contributed by atoms with Crippen LogP contribution in [0.2, 0.25) is 0 Å². The van der Waals surface area contributed by atoms with Crippen LogP contribution in [0.25, 0.3) is 11.1 Å². The molecule has 0 heterocycles.